The highest BCUT2D eigenvalue weighted by Crippen LogP contribution is 2.04. The quantitative estimate of drug-likeness (QED) is 0.616. The molecule has 0 saturated carbocycles. The molecule has 0 fully saturated rings. The van der Waals surface area contributed by atoms with E-state index in [4.69, 9.17) is 0 Å². The second-order valence-electron chi connectivity index (χ2n) is 4.83. The molecule has 0 aliphatic carbocycles. The van der Waals surface area contributed by atoms with Crippen LogP contribution in [0.25, 0.3) is 0 Å². The van der Waals surface area contributed by atoms with Crippen LogP contribution in [0.2, 0.25) is 0 Å². The molecule has 4 heteroatoms. The zero-order chi connectivity index (χ0) is 13.4. The van der Waals surface area contributed by atoms with Crippen molar-refractivity contribution in [3.8, 4) is 0 Å². The minimum Gasteiger partial charge on any atom is -0.356 e. The lowest BCUT2D eigenvalue weighted by Gasteiger charge is -2.13. The Bertz CT molecular complexity index is 385. The maximum atomic E-state index is 4.20. The molecule has 1 aromatic heterocycles. The molecule has 0 aliphatic heterocycles. The van der Waals surface area contributed by atoms with E-state index in [1.54, 1.807) is 7.05 Å². The minimum atomic E-state index is 0.617. The lowest BCUT2D eigenvalue weighted by atomic mass is 10.1. The Morgan fingerprint density at radius 2 is 2.17 bits per heavy atom. The maximum Gasteiger partial charge on any atom is 0.190 e. The van der Waals surface area contributed by atoms with Gasteiger partial charge in [0, 0.05) is 32.5 Å². The van der Waals surface area contributed by atoms with Crippen LogP contribution in [-0.4, -0.2) is 31.1 Å². The predicted octanol–water partition coefficient (Wildman–Crippen LogP) is 1.75. The normalized spacial score (nSPS) is 11.7. The molecule has 0 spiro atoms. The first kappa shape index (κ1) is 14.5. The van der Waals surface area contributed by atoms with Gasteiger partial charge in [-0.1, -0.05) is 13.8 Å². The van der Waals surface area contributed by atoms with Crippen LogP contribution in [-0.2, 0) is 6.42 Å². The number of nitrogens with zero attached hydrogens (tertiary/aromatic N) is 2. The summed E-state index contributed by atoms with van der Waals surface area (Å²) in [4.78, 5) is 8.29. The van der Waals surface area contributed by atoms with E-state index in [0.717, 1.165) is 25.5 Å². The number of hydrogen-bond donors (Lipinski definition) is 2. The number of aryl methyl sites for hydroxylation is 1. The Morgan fingerprint density at radius 3 is 2.78 bits per heavy atom. The summed E-state index contributed by atoms with van der Waals surface area (Å²) in [7, 11) is 1.80. The molecule has 1 aromatic rings. The SMILES string of the molecule is CN=C(NCCc1ccncc1C)NCC(C)C. The van der Waals surface area contributed by atoms with Gasteiger partial charge in [0.15, 0.2) is 5.96 Å². The zero-order valence-corrected chi connectivity index (χ0v) is 11.8. The van der Waals surface area contributed by atoms with Crippen molar-refractivity contribution in [1.82, 2.24) is 15.6 Å². The number of aliphatic imine (C=N–C) groups is 1. The van der Waals surface area contributed by atoms with Gasteiger partial charge in [-0.25, -0.2) is 0 Å². The van der Waals surface area contributed by atoms with Crippen molar-refractivity contribution < 1.29 is 0 Å². The smallest absolute Gasteiger partial charge is 0.190 e. The first-order valence-electron chi connectivity index (χ1n) is 6.47. The molecular formula is C14H24N4. The van der Waals surface area contributed by atoms with Crippen LogP contribution in [0.4, 0.5) is 0 Å². The van der Waals surface area contributed by atoms with Gasteiger partial charge in [0.05, 0.1) is 0 Å². The van der Waals surface area contributed by atoms with Crippen LogP contribution >= 0.6 is 0 Å². The number of guanidine groups is 1. The topological polar surface area (TPSA) is 49.3 Å². The molecule has 0 atom stereocenters. The molecule has 0 aliphatic rings. The monoisotopic (exact) mass is 248 g/mol. The van der Waals surface area contributed by atoms with E-state index in [2.05, 4.69) is 47.4 Å². The zero-order valence-electron chi connectivity index (χ0n) is 11.8. The van der Waals surface area contributed by atoms with E-state index in [0.29, 0.717) is 5.92 Å². The van der Waals surface area contributed by atoms with Crippen molar-refractivity contribution in [2.75, 3.05) is 20.1 Å². The van der Waals surface area contributed by atoms with E-state index in [9.17, 15) is 0 Å². The summed E-state index contributed by atoms with van der Waals surface area (Å²) >= 11 is 0. The molecule has 100 valence electrons. The van der Waals surface area contributed by atoms with E-state index >= 15 is 0 Å². The molecule has 0 aromatic carbocycles. The summed E-state index contributed by atoms with van der Waals surface area (Å²) in [5, 5.41) is 6.62. The Morgan fingerprint density at radius 1 is 1.39 bits per heavy atom. The summed E-state index contributed by atoms with van der Waals surface area (Å²) in [6, 6.07) is 2.07. The first-order valence-corrected chi connectivity index (χ1v) is 6.47. The number of rotatable bonds is 5. The van der Waals surface area contributed by atoms with E-state index < -0.39 is 0 Å². The molecule has 0 saturated heterocycles. The van der Waals surface area contributed by atoms with Gasteiger partial charge in [0.25, 0.3) is 0 Å². The number of nitrogens with one attached hydrogen (secondary N) is 2. The Labute approximate surface area is 110 Å². The average molecular weight is 248 g/mol. The lowest BCUT2D eigenvalue weighted by Crippen LogP contribution is -2.39. The fourth-order valence-electron chi connectivity index (χ4n) is 1.62. The molecule has 0 unspecified atom stereocenters. The number of hydrogen-bond acceptors (Lipinski definition) is 2. The largest absolute Gasteiger partial charge is 0.356 e. The van der Waals surface area contributed by atoms with Gasteiger partial charge in [-0.15, -0.1) is 0 Å². The second-order valence-corrected chi connectivity index (χ2v) is 4.83. The van der Waals surface area contributed by atoms with Crippen LogP contribution in [0.1, 0.15) is 25.0 Å². The molecular weight excluding hydrogens is 224 g/mol. The van der Waals surface area contributed by atoms with Crippen LogP contribution in [0.15, 0.2) is 23.5 Å². The van der Waals surface area contributed by atoms with Crippen LogP contribution in [0, 0.1) is 12.8 Å². The fourth-order valence-corrected chi connectivity index (χ4v) is 1.62. The summed E-state index contributed by atoms with van der Waals surface area (Å²) in [5.41, 5.74) is 2.57. The van der Waals surface area contributed by atoms with Gasteiger partial charge in [-0.2, -0.15) is 0 Å². The molecule has 1 rings (SSSR count). The van der Waals surface area contributed by atoms with Crippen LogP contribution in [0.5, 0.6) is 0 Å². The summed E-state index contributed by atoms with van der Waals surface area (Å²) in [6.07, 6.45) is 4.73. The van der Waals surface area contributed by atoms with Gasteiger partial charge in [0.1, 0.15) is 0 Å². The second kappa shape index (κ2) is 7.69. The Kier molecular flexibility index (Phi) is 6.19. The highest BCUT2D eigenvalue weighted by atomic mass is 15.2. The molecule has 4 nitrogen and oxygen atoms in total. The molecule has 1 heterocycles. The third kappa shape index (κ3) is 5.17. The average Bonchev–Trinajstić information content (AvgIpc) is 2.35. The van der Waals surface area contributed by atoms with E-state index in [-0.39, 0.29) is 0 Å². The molecule has 0 radical (unpaired) electrons. The van der Waals surface area contributed by atoms with Crippen molar-refractivity contribution in [3.63, 3.8) is 0 Å². The Balaban J connectivity index is 2.34. The first-order chi connectivity index (χ1) is 8.63. The maximum absolute atomic E-state index is 4.20. The summed E-state index contributed by atoms with van der Waals surface area (Å²) in [5.74, 6) is 1.49. The third-order valence-electron chi connectivity index (χ3n) is 2.72. The Hall–Kier alpha value is -1.58. The van der Waals surface area contributed by atoms with Crippen LogP contribution < -0.4 is 10.6 Å². The van der Waals surface area contributed by atoms with Gasteiger partial charge in [0.2, 0.25) is 0 Å². The van der Waals surface area contributed by atoms with E-state index in [1.807, 2.05) is 12.4 Å². The lowest BCUT2D eigenvalue weighted by molar-refractivity contribution is 0.614. The number of pyridine rings is 1. The van der Waals surface area contributed by atoms with Crippen molar-refractivity contribution in [2.24, 2.45) is 10.9 Å². The van der Waals surface area contributed by atoms with E-state index in [1.165, 1.54) is 11.1 Å². The standard InChI is InChI=1S/C14H24N4/c1-11(2)9-18-14(15-4)17-8-6-13-5-7-16-10-12(13)3/h5,7,10-11H,6,8-9H2,1-4H3,(H2,15,17,18). The van der Waals surface area contributed by atoms with Gasteiger partial charge >= 0.3 is 0 Å². The fraction of sp³-hybridized carbons (Fsp3) is 0.571. The highest BCUT2D eigenvalue weighted by Gasteiger charge is 2.00. The van der Waals surface area contributed by atoms with Gasteiger partial charge in [-0.3, -0.25) is 9.98 Å². The molecule has 0 bridgehead atoms. The van der Waals surface area contributed by atoms with Crippen molar-refractivity contribution in [2.45, 2.75) is 27.2 Å². The number of aromatic nitrogens is 1. The molecule has 0 amide bonds. The van der Waals surface area contributed by atoms with Crippen molar-refractivity contribution >= 4 is 5.96 Å². The third-order valence-corrected chi connectivity index (χ3v) is 2.72. The highest BCUT2D eigenvalue weighted by molar-refractivity contribution is 5.79. The van der Waals surface area contributed by atoms with Crippen molar-refractivity contribution in [3.05, 3.63) is 29.6 Å². The minimum absolute atomic E-state index is 0.617. The predicted molar refractivity (Wildman–Crippen MR) is 76.9 cm³/mol. The summed E-state index contributed by atoms with van der Waals surface area (Å²) in [6.45, 7) is 8.27. The summed E-state index contributed by atoms with van der Waals surface area (Å²) < 4.78 is 0. The van der Waals surface area contributed by atoms with Crippen LogP contribution in [0.3, 0.4) is 0 Å². The molecule has 18 heavy (non-hydrogen) atoms. The van der Waals surface area contributed by atoms with Gasteiger partial charge < -0.3 is 10.6 Å². The van der Waals surface area contributed by atoms with Gasteiger partial charge in [-0.05, 0) is 36.5 Å². The molecule has 2 N–H and O–H groups in total. The van der Waals surface area contributed by atoms with Crippen molar-refractivity contribution in [1.29, 1.82) is 0 Å².